The molecule has 3 N–H and O–H groups in total. The van der Waals surface area contributed by atoms with Crippen LogP contribution in [-0.4, -0.2) is 42.7 Å². The summed E-state index contributed by atoms with van der Waals surface area (Å²) in [5.74, 6) is 0.0333. The smallest absolute Gasteiger partial charge is 0.245 e. The van der Waals surface area contributed by atoms with E-state index in [1.165, 1.54) is 11.3 Å². The number of rotatable bonds is 3. The molecular formula is C11H16N4O2S. The number of carbonyl (C=O) groups excluding carboxylic acids is 1. The Hall–Kier alpha value is -1.34. The summed E-state index contributed by atoms with van der Waals surface area (Å²) in [4.78, 5) is 18.4. The number of nitrogens with one attached hydrogen (secondary N) is 1. The van der Waals surface area contributed by atoms with Crippen molar-refractivity contribution in [1.82, 2.24) is 10.3 Å². The van der Waals surface area contributed by atoms with Crippen LogP contribution in [0.3, 0.4) is 0 Å². The molecule has 1 saturated heterocycles. The predicted molar refractivity (Wildman–Crippen MR) is 69.6 cm³/mol. The number of anilines is 2. The van der Waals surface area contributed by atoms with Crippen molar-refractivity contribution < 1.29 is 9.53 Å². The lowest BCUT2D eigenvalue weighted by atomic mass is 10.2. The van der Waals surface area contributed by atoms with E-state index in [1.807, 2.05) is 4.90 Å². The molecule has 1 unspecified atom stereocenters. The molecule has 2 aliphatic rings. The molecule has 1 saturated carbocycles. The number of nitrogens with two attached hydrogens (primary N) is 1. The van der Waals surface area contributed by atoms with Crippen LogP contribution in [0.1, 0.15) is 12.8 Å². The zero-order valence-corrected chi connectivity index (χ0v) is 10.8. The number of nitrogen functional groups attached to an aromatic ring is 1. The summed E-state index contributed by atoms with van der Waals surface area (Å²) in [6.07, 6.45) is 3.80. The molecule has 2 heterocycles. The minimum atomic E-state index is -0.287. The molecule has 1 aliphatic heterocycles. The number of hydrogen-bond acceptors (Lipinski definition) is 6. The van der Waals surface area contributed by atoms with E-state index in [0.717, 1.165) is 18.0 Å². The topological polar surface area (TPSA) is 80.5 Å². The van der Waals surface area contributed by atoms with Gasteiger partial charge in [0.1, 0.15) is 11.0 Å². The van der Waals surface area contributed by atoms with Crippen molar-refractivity contribution in [3.63, 3.8) is 0 Å². The van der Waals surface area contributed by atoms with Gasteiger partial charge in [-0.15, -0.1) is 0 Å². The number of nitrogens with zero attached hydrogens (tertiary/aromatic N) is 2. The van der Waals surface area contributed by atoms with Crippen LogP contribution in [-0.2, 0) is 9.53 Å². The molecule has 0 spiro atoms. The molecule has 3 rings (SSSR count). The highest BCUT2D eigenvalue weighted by molar-refractivity contribution is 7.19. The quantitative estimate of drug-likeness (QED) is 0.819. The zero-order valence-electron chi connectivity index (χ0n) is 9.96. The predicted octanol–water partition coefficient (Wildman–Crippen LogP) is 0.209. The second-order valence-corrected chi connectivity index (χ2v) is 5.65. The van der Waals surface area contributed by atoms with Crippen molar-refractivity contribution >= 4 is 27.4 Å². The summed E-state index contributed by atoms with van der Waals surface area (Å²) in [5, 5.41) is 4.48. The van der Waals surface area contributed by atoms with Crippen molar-refractivity contribution in [3.8, 4) is 0 Å². The number of thiazole rings is 1. The summed E-state index contributed by atoms with van der Waals surface area (Å²) in [6.45, 7) is 1.71. The Morgan fingerprint density at radius 1 is 1.61 bits per heavy atom. The highest BCUT2D eigenvalue weighted by atomic mass is 32.1. The molecule has 1 atom stereocenters. The maximum atomic E-state index is 12.2. The highest BCUT2D eigenvalue weighted by Crippen LogP contribution is 2.27. The number of aromatic nitrogens is 1. The van der Waals surface area contributed by atoms with Gasteiger partial charge in [-0.1, -0.05) is 11.3 Å². The van der Waals surface area contributed by atoms with Crippen molar-refractivity contribution in [2.24, 2.45) is 0 Å². The lowest BCUT2D eigenvalue weighted by Gasteiger charge is -2.34. The van der Waals surface area contributed by atoms with Crippen molar-refractivity contribution in [2.45, 2.75) is 24.9 Å². The Morgan fingerprint density at radius 3 is 3.11 bits per heavy atom. The van der Waals surface area contributed by atoms with E-state index in [2.05, 4.69) is 10.3 Å². The third kappa shape index (κ3) is 2.41. The SMILES string of the molecule is Nc1cnc(N2CCOCC2C(=O)NC2CC2)s1. The van der Waals surface area contributed by atoms with Crippen LogP contribution in [0.5, 0.6) is 0 Å². The lowest BCUT2D eigenvalue weighted by Crippen LogP contribution is -2.54. The fourth-order valence-electron chi connectivity index (χ4n) is 1.98. The fraction of sp³-hybridized carbons (Fsp3) is 0.636. The minimum absolute atomic E-state index is 0.0333. The van der Waals surface area contributed by atoms with Crippen LogP contribution in [0.25, 0.3) is 0 Å². The van der Waals surface area contributed by atoms with Gasteiger partial charge in [0.05, 0.1) is 19.4 Å². The molecule has 1 amide bonds. The molecular weight excluding hydrogens is 252 g/mol. The Morgan fingerprint density at radius 2 is 2.44 bits per heavy atom. The van der Waals surface area contributed by atoms with Gasteiger partial charge in [-0.2, -0.15) is 0 Å². The average molecular weight is 268 g/mol. The monoisotopic (exact) mass is 268 g/mol. The molecule has 1 aromatic heterocycles. The van der Waals surface area contributed by atoms with E-state index in [9.17, 15) is 4.79 Å². The molecule has 0 aromatic carbocycles. The molecule has 0 bridgehead atoms. The Bertz CT molecular complexity index is 446. The molecule has 7 heteroatoms. The van der Waals surface area contributed by atoms with E-state index >= 15 is 0 Å². The van der Waals surface area contributed by atoms with E-state index in [0.29, 0.717) is 30.8 Å². The third-order valence-electron chi connectivity index (χ3n) is 3.11. The maximum absolute atomic E-state index is 12.2. The van der Waals surface area contributed by atoms with Gasteiger partial charge in [0, 0.05) is 12.6 Å². The first kappa shape index (κ1) is 11.7. The van der Waals surface area contributed by atoms with Gasteiger partial charge in [0.25, 0.3) is 0 Å². The molecule has 18 heavy (non-hydrogen) atoms. The van der Waals surface area contributed by atoms with Crippen LogP contribution < -0.4 is 16.0 Å². The molecule has 98 valence electrons. The van der Waals surface area contributed by atoms with Gasteiger partial charge in [0.2, 0.25) is 5.91 Å². The van der Waals surface area contributed by atoms with Gasteiger partial charge in [-0.3, -0.25) is 4.79 Å². The van der Waals surface area contributed by atoms with Crippen LogP contribution >= 0.6 is 11.3 Å². The minimum Gasteiger partial charge on any atom is -0.389 e. The summed E-state index contributed by atoms with van der Waals surface area (Å²) >= 11 is 1.41. The summed E-state index contributed by atoms with van der Waals surface area (Å²) in [5.41, 5.74) is 5.70. The van der Waals surface area contributed by atoms with E-state index in [1.54, 1.807) is 6.20 Å². The largest absolute Gasteiger partial charge is 0.389 e. The number of amides is 1. The van der Waals surface area contributed by atoms with E-state index in [-0.39, 0.29) is 11.9 Å². The average Bonchev–Trinajstić information content (AvgIpc) is 3.08. The number of carbonyl (C=O) groups is 1. The third-order valence-corrected chi connectivity index (χ3v) is 3.98. The Balaban J connectivity index is 1.74. The Kier molecular flexibility index (Phi) is 3.09. The first-order valence-corrected chi connectivity index (χ1v) is 6.92. The van der Waals surface area contributed by atoms with Crippen LogP contribution in [0.4, 0.5) is 10.1 Å². The fourth-order valence-corrected chi connectivity index (χ4v) is 2.74. The van der Waals surface area contributed by atoms with Crippen LogP contribution in [0, 0.1) is 0 Å². The summed E-state index contributed by atoms with van der Waals surface area (Å²) < 4.78 is 5.41. The molecule has 0 radical (unpaired) electrons. The van der Waals surface area contributed by atoms with Gasteiger partial charge >= 0.3 is 0 Å². The van der Waals surface area contributed by atoms with Crippen LogP contribution in [0.15, 0.2) is 6.20 Å². The highest BCUT2D eigenvalue weighted by Gasteiger charge is 2.34. The molecule has 1 aliphatic carbocycles. The van der Waals surface area contributed by atoms with Gasteiger partial charge in [0.15, 0.2) is 5.13 Å². The van der Waals surface area contributed by atoms with Crippen molar-refractivity contribution in [3.05, 3.63) is 6.20 Å². The first-order chi connectivity index (χ1) is 8.74. The standard InChI is InChI=1S/C11H16N4O2S/c12-9-5-13-11(18-9)15-3-4-17-6-8(15)10(16)14-7-1-2-7/h5,7-8H,1-4,6,12H2,(H,14,16). The van der Waals surface area contributed by atoms with E-state index in [4.69, 9.17) is 10.5 Å². The first-order valence-electron chi connectivity index (χ1n) is 6.10. The molecule has 2 fully saturated rings. The second-order valence-electron chi connectivity index (χ2n) is 4.61. The number of ether oxygens (including phenoxy) is 1. The number of morpholine rings is 1. The van der Waals surface area contributed by atoms with E-state index < -0.39 is 0 Å². The molecule has 6 nitrogen and oxygen atoms in total. The second kappa shape index (κ2) is 4.74. The maximum Gasteiger partial charge on any atom is 0.245 e. The van der Waals surface area contributed by atoms with Crippen LogP contribution in [0.2, 0.25) is 0 Å². The molecule has 1 aromatic rings. The number of hydrogen-bond donors (Lipinski definition) is 2. The normalized spacial score (nSPS) is 24.0. The van der Waals surface area contributed by atoms with Gasteiger partial charge < -0.3 is 20.7 Å². The summed E-state index contributed by atoms with van der Waals surface area (Å²) in [6, 6.07) is 0.0764. The van der Waals surface area contributed by atoms with Crippen molar-refractivity contribution in [1.29, 1.82) is 0 Å². The van der Waals surface area contributed by atoms with Gasteiger partial charge in [-0.05, 0) is 12.8 Å². The zero-order chi connectivity index (χ0) is 12.5. The Labute approximate surface area is 109 Å². The summed E-state index contributed by atoms with van der Waals surface area (Å²) in [7, 11) is 0. The van der Waals surface area contributed by atoms with Crippen molar-refractivity contribution in [2.75, 3.05) is 30.4 Å². The lowest BCUT2D eigenvalue weighted by molar-refractivity contribution is -0.124. The van der Waals surface area contributed by atoms with Gasteiger partial charge in [-0.25, -0.2) is 4.98 Å².